The Kier molecular flexibility index (Phi) is 4.63. The number of hydrogen-bond acceptors (Lipinski definition) is 1. The van der Waals surface area contributed by atoms with Gasteiger partial charge in [-0.2, -0.15) is 0 Å². The van der Waals surface area contributed by atoms with Gasteiger partial charge in [0.15, 0.2) is 0 Å². The number of hydrogen-bond donors (Lipinski definition) is 1. The van der Waals surface area contributed by atoms with Gasteiger partial charge in [-0.25, -0.2) is 4.39 Å². The molecule has 18 heavy (non-hydrogen) atoms. The van der Waals surface area contributed by atoms with Crippen molar-refractivity contribution in [2.75, 3.05) is 0 Å². The van der Waals surface area contributed by atoms with Gasteiger partial charge < -0.3 is 5.32 Å². The molecule has 0 heterocycles. The standard InChI is InChI=1S/C15H21ClFN/c1-3-11-5-7-15(10(11)2)18-9-12-4-6-13(16)8-14(12)17/h4,6,8,10-11,15,18H,3,5,7,9H2,1-2H3. The van der Waals surface area contributed by atoms with Crippen molar-refractivity contribution >= 4 is 11.6 Å². The van der Waals surface area contributed by atoms with E-state index in [1.54, 1.807) is 12.1 Å². The number of benzene rings is 1. The minimum Gasteiger partial charge on any atom is -0.310 e. The molecule has 0 bridgehead atoms. The van der Waals surface area contributed by atoms with Gasteiger partial charge in [-0.3, -0.25) is 0 Å². The third-order valence-corrected chi connectivity index (χ3v) is 4.56. The van der Waals surface area contributed by atoms with E-state index >= 15 is 0 Å². The zero-order chi connectivity index (χ0) is 13.1. The monoisotopic (exact) mass is 269 g/mol. The molecule has 2 rings (SSSR count). The van der Waals surface area contributed by atoms with E-state index in [9.17, 15) is 4.39 Å². The molecule has 100 valence electrons. The molecule has 1 N–H and O–H groups in total. The van der Waals surface area contributed by atoms with Crippen molar-refractivity contribution in [2.45, 2.75) is 45.7 Å². The van der Waals surface area contributed by atoms with Gasteiger partial charge in [0.25, 0.3) is 0 Å². The van der Waals surface area contributed by atoms with E-state index < -0.39 is 0 Å². The maximum absolute atomic E-state index is 13.6. The Hall–Kier alpha value is -0.600. The summed E-state index contributed by atoms with van der Waals surface area (Å²) in [5.41, 5.74) is 0.701. The lowest BCUT2D eigenvalue weighted by Crippen LogP contribution is -2.32. The Morgan fingerprint density at radius 3 is 2.78 bits per heavy atom. The molecular formula is C15H21ClFN. The summed E-state index contributed by atoms with van der Waals surface area (Å²) < 4.78 is 13.6. The van der Waals surface area contributed by atoms with Gasteiger partial charge in [-0.15, -0.1) is 0 Å². The first-order chi connectivity index (χ1) is 8.61. The molecule has 0 amide bonds. The SMILES string of the molecule is CCC1CCC(NCc2ccc(Cl)cc2F)C1C. The summed E-state index contributed by atoms with van der Waals surface area (Å²) in [6.45, 7) is 5.15. The number of nitrogens with one attached hydrogen (secondary N) is 1. The summed E-state index contributed by atoms with van der Waals surface area (Å²) in [7, 11) is 0. The Balaban J connectivity index is 1.92. The molecule has 3 unspecified atom stereocenters. The van der Waals surface area contributed by atoms with Crippen LogP contribution in [0, 0.1) is 17.7 Å². The molecule has 3 atom stereocenters. The molecule has 1 aliphatic rings. The van der Waals surface area contributed by atoms with Gasteiger partial charge in [-0.1, -0.05) is 37.9 Å². The van der Waals surface area contributed by atoms with Crippen molar-refractivity contribution in [1.82, 2.24) is 5.32 Å². The molecule has 0 aliphatic heterocycles. The maximum atomic E-state index is 13.6. The fraction of sp³-hybridized carbons (Fsp3) is 0.600. The molecule has 1 saturated carbocycles. The van der Waals surface area contributed by atoms with Crippen molar-refractivity contribution < 1.29 is 4.39 Å². The van der Waals surface area contributed by atoms with Crippen molar-refractivity contribution in [3.63, 3.8) is 0 Å². The second-order valence-electron chi connectivity index (χ2n) is 5.33. The molecule has 0 saturated heterocycles. The highest BCUT2D eigenvalue weighted by atomic mass is 35.5. The van der Waals surface area contributed by atoms with Crippen LogP contribution in [0.2, 0.25) is 5.02 Å². The zero-order valence-corrected chi connectivity index (χ0v) is 11.8. The second-order valence-corrected chi connectivity index (χ2v) is 5.76. The number of rotatable bonds is 4. The van der Waals surface area contributed by atoms with Crippen LogP contribution in [0.15, 0.2) is 18.2 Å². The van der Waals surface area contributed by atoms with Crippen LogP contribution in [-0.4, -0.2) is 6.04 Å². The Morgan fingerprint density at radius 1 is 1.39 bits per heavy atom. The van der Waals surface area contributed by atoms with Gasteiger partial charge in [0, 0.05) is 23.2 Å². The minimum atomic E-state index is -0.215. The summed E-state index contributed by atoms with van der Waals surface area (Å²) in [6, 6.07) is 5.41. The van der Waals surface area contributed by atoms with E-state index in [0.717, 1.165) is 5.92 Å². The van der Waals surface area contributed by atoms with Crippen molar-refractivity contribution in [3.8, 4) is 0 Å². The second kappa shape index (κ2) is 6.03. The van der Waals surface area contributed by atoms with Gasteiger partial charge in [0.05, 0.1) is 0 Å². The average molecular weight is 270 g/mol. The van der Waals surface area contributed by atoms with Crippen molar-refractivity contribution in [3.05, 3.63) is 34.6 Å². The first-order valence-electron chi connectivity index (χ1n) is 6.79. The number of halogens is 2. The van der Waals surface area contributed by atoms with Crippen LogP contribution in [0.25, 0.3) is 0 Å². The van der Waals surface area contributed by atoms with Crippen LogP contribution < -0.4 is 5.32 Å². The van der Waals surface area contributed by atoms with Crippen LogP contribution in [-0.2, 0) is 6.54 Å². The lowest BCUT2D eigenvalue weighted by molar-refractivity contribution is 0.343. The molecule has 0 spiro atoms. The Bertz CT molecular complexity index is 407. The maximum Gasteiger partial charge on any atom is 0.129 e. The molecule has 0 aromatic heterocycles. The highest BCUT2D eigenvalue weighted by Gasteiger charge is 2.30. The van der Waals surface area contributed by atoms with E-state index in [-0.39, 0.29) is 5.82 Å². The van der Waals surface area contributed by atoms with E-state index in [0.29, 0.717) is 29.1 Å². The topological polar surface area (TPSA) is 12.0 Å². The predicted octanol–water partition coefficient (Wildman–Crippen LogP) is 4.39. The third kappa shape index (κ3) is 3.04. The van der Waals surface area contributed by atoms with Crippen LogP contribution in [0.1, 0.15) is 38.7 Å². The molecule has 1 fully saturated rings. The van der Waals surface area contributed by atoms with E-state index in [1.165, 1.54) is 25.3 Å². The highest BCUT2D eigenvalue weighted by Crippen LogP contribution is 2.34. The smallest absolute Gasteiger partial charge is 0.129 e. The van der Waals surface area contributed by atoms with Crippen LogP contribution in [0.3, 0.4) is 0 Å². The van der Waals surface area contributed by atoms with E-state index in [2.05, 4.69) is 19.2 Å². The van der Waals surface area contributed by atoms with Crippen molar-refractivity contribution in [2.24, 2.45) is 11.8 Å². The summed E-state index contributed by atoms with van der Waals surface area (Å²) in [4.78, 5) is 0. The molecule has 1 aliphatic carbocycles. The van der Waals surface area contributed by atoms with E-state index in [1.807, 2.05) is 0 Å². The lowest BCUT2D eigenvalue weighted by Gasteiger charge is -2.21. The Labute approximate surface area is 114 Å². The molecular weight excluding hydrogens is 249 g/mol. The Morgan fingerprint density at radius 2 is 2.17 bits per heavy atom. The minimum absolute atomic E-state index is 0.215. The third-order valence-electron chi connectivity index (χ3n) is 4.32. The first kappa shape index (κ1) is 13.8. The molecule has 0 radical (unpaired) electrons. The van der Waals surface area contributed by atoms with Gasteiger partial charge in [0.1, 0.15) is 5.82 Å². The summed E-state index contributed by atoms with van der Waals surface area (Å²) in [6.07, 6.45) is 3.74. The highest BCUT2D eigenvalue weighted by molar-refractivity contribution is 6.30. The summed E-state index contributed by atoms with van der Waals surface area (Å²) >= 11 is 5.74. The first-order valence-corrected chi connectivity index (χ1v) is 7.17. The van der Waals surface area contributed by atoms with Gasteiger partial charge in [-0.05, 0) is 36.8 Å². The fourth-order valence-electron chi connectivity index (χ4n) is 3.02. The fourth-order valence-corrected chi connectivity index (χ4v) is 3.18. The lowest BCUT2D eigenvalue weighted by atomic mass is 9.93. The van der Waals surface area contributed by atoms with Crippen LogP contribution in [0.5, 0.6) is 0 Å². The summed E-state index contributed by atoms with van der Waals surface area (Å²) in [5.74, 6) is 1.29. The van der Waals surface area contributed by atoms with E-state index in [4.69, 9.17) is 11.6 Å². The molecule has 1 aromatic rings. The predicted molar refractivity (Wildman–Crippen MR) is 74.2 cm³/mol. The average Bonchev–Trinajstić information content (AvgIpc) is 2.69. The van der Waals surface area contributed by atoms with Crippen molar-refractivity contribution in [1.29, 1.82) is 0 Å². The van der Waals surface area contributed by atoms with Crippen LogP contribution in [0.4, 0.5) is 4.39 Å². The molecule has 1 nitrogen and oxygen atoms in total. The quantitative estimate of drug-likeness (QED) is 0.855. The summed E-state index contributed by atoms with van der Waals surface area (Å²) in [5, 5.41) is 3.94. The zero-order valence-electron chi connectivity index (χ0n) is 11.0. The molecule has 1 aromatic carbocycles. The molecule has 3 heteroatoms. The van der Waals surface area contributed by atoms with Gasteiger partial charge >= 0.3 is 0 Å². The largest absolute Gasteiger partial charge is 0.310 e. The van der Waals surface area contributed by atoms with Gasteiger partial charge in [0.2, 0.25) is 0 Å². The van der Waals surface area contributed by atoms with Crippen LogP contribution >= 0.6 is 11.6 Å². The normalized spacial score (nSPS) is 27.7.